The number of carbonyl (C=O) groups excluding carboxylic acids is 1. The van der Waals surface area contributed by atoms with Crippen LogP contribution in [0.5, 0.6) is 0 Å². The van der Waals surface area contributed by atoms with Crippen LogP contribution in [0.4, 0.5) is 0 Å². The lowest BCUT2D eigenvalue weighted by Crippen LogP contribution is -2.41. The van der Waals surface area contributed by atoms with Gasteiger partial charge in [0.2, 0.25) is 0 Å². The zero-order valence-electron chi connectivity index (χ0n) is 14.9. The number of Topliss-reactive ketones (excluding diaryl/α,β-unsaturated/α-hetero) is 1. The van der Waals surface area contributed by atoms with Gasteiger partial charge in [0.15, 0.2) is 0 Å². The number of carbonyl (C=O) groups is 1. The monoisotopic (exact) mass is 316 g/mol. The molecule has 4 atom stereocenters. The molecule has 1 saturated carbocycles. The molecule has 0 aliphatic heterocycles. The zero-order valence-corrected chi connectivity index (χ0v) is 14.9. The number of hydrogen-bond donors (Lipinski definition) is 1. The Hall–Kier alpha value is -1.33. The Kier molecular flexibility index (Phi) is 8.95. The first kappa shape index (κ1) is 19.7. The van der Waals surface area contributed by atoms with Gasteiger partial charge in [-0.05, 0) is 50.4 Å². The van der Waals surface area contributed by atoms with E-state index in [1.807, 2.05) is 13.0 Å². The van der Waals surface area contributed by atoms with E-state index in [2.05, 4.69) is 44.4 Å². The number of allylic oxidation sites excluding steroid dienone is 3. The van der Waals surface area contributed by atoms with Gasteiger partial charge in [-0.1, -0.05) is 32.1 Å². The molecule has 0 bridgehead atoms. The highest BCUT2D eigenvalue weighted by molar-refractivity contribution is 5.82. The molecule has 0 amide bonds. The summed E-state index contributed by atoms with van der Waals surface area (Å²) in [5, 5.41) is 10.9. The van der Waals surface area contributed by atoms with Gasteiger partial charge in [0.1, 0.15) is 5.78 Å². The first-order chi connectivity index (χ1) is 11.0. The molecule has 1 rings (SSSR count). The lowest BCUT2D eigenvalue weighted by molar-refractivity contribution is -0.133. The minimum Gasteiger partial charge on any atom is -0.392 e. The summed E-state index contributed by atoms with van der Waals surface area (Å²) in [5.74, 6) is 6.73. The molecular weight excluding hydrogens is 284 g/mol. The van der Waals surface area contributed by atoms with Crippen LogP contribution in [0.2, 0.25) is 0 Å². The fourth-order valence-electron chi connectivity index (χ4n) is 3.49. The summed E-state index contributed by atoms with van der Waals surface area (Å²) in [6.45, 7) is 9.90. The SMILES string of the molecule is C=CCC1CCCC(=O)[C@H]1[C@H](O)C(CC#CC)C/C=C/C(C)C. The van der Waals surface area contributed by atoms with Crippen LogP contribution < -0.4 is 0 Å². The highest BCUT2D eigenvalue weighted by atomic mass is 16.3. The molecule has 2 unspecified atom stereocenters. The van der Waals surface area contributed by atoms with Crippen molar-refractivity contribution in [2.24, 2.45) is 23.7 Å². The van der Waals surface area contributed by atoms with Crippen molar-refractivity contribution in [1.29, 1.82) is 0 Å². The van der Waals surface area contributed by atoms with Gasteiger partial charge in [-0.3, -0.25) is 4.79 Å². The minimum absolute atomic E-state index is 0.0248. The molecule has 1 aliphatic carbocycles. The zero-order chi connectivity index (χ0) is 17.2. The normalized spacial score (nSPS) is 24.3. The maximum Gasteiger partial charge on any atom is 0.138 e. The third kappa shape index (κ3) is 6.36. The molecule has 2 heteroatoms. The molecule has 0 spiro atoms. The van der Waals surface area contributed by atoms with Crippen LogP contribution in [-0.4, -0.2) is 17.0 Å². The fraction of sp³-hybridized carbons (Fsp3) is 0.667. The Balaban J connectivity index is 2.89. The second-order valence-electron chi connectivity index (χ2n) is 6.96. The lowest BCUT2D eigenvalue weighted by Gasteiger charge is -2.36. The first-order valence-corrected chi connectivity index (χ1v) is 8.89. The van der Waals surface area contributed by atoms with E-state index < -0.39 is 6.10 Å². The standard InChI is InChI=1S/C21H32O2/c1-5-7-12-18(14-8-11-16(3)4)21(23)20-17(10-6-2)13-9-15-19(20)22/h6,8,11,16-18,20-21,23H,2,9-10,12-15H2,1,3-4H3/b11-8+/t17?,18?,20-,21+/m0/s1. The number of aliphatic hydroxyl groups excluding tert-OH is 1. The van der Waals surface area contributed by atoms with Gasteiger partial charge in [0.05, 0.1) is 6.10 Å². The lowest BCUT2D eigenvalue weighted by atomic mass is 9.70. The molecule has 0 heterocycles. The number of aliphatic hydroxyl groups is 1. The summed E-state index contributed by atoms with van der Waals surface area (Å²) in [4.78, 5) is 12.4. The molecule has 0 aromatic rings. The molecule has 23 heavy (non-hydrogen) atoms. The number of hydrogen-bond acceptors (Lipinski definition) is 2. The van der Waals surface area contributed by atoms with E-state index in [-0.39, 0.29) is 23.5 Å². The Labute approximate surface area is 142 Å². The van der Waals surface area contributed by atoms with Gasteiger partial charge in [-0.15, -0.1) is 18.4 Å². The Morgan fingerprint density at radius 1 is 1.43 bits per heavy atom. The van der Waals surface area contributed by atoms with Gasteiger partial charge >= 0.3 is 0 Å². The molecule has 0 aromatic carbocycles. The summed E-state index contributed by atoms with van der Waals surface area (Å²) in [6.07, 6.45) is 10.3. The van der Waals surface area contributed by atoms with Crippen LogP contribution in [0.3, 0.4) is 0 Å². The van der Waals surface area contributed by atoms with Crippen molar-refractivity contribution in [3.63, 3.8) is 0 Å². The van der Waals surface area contributed by atoms with E-state index >= 15 is 0 Å². The number of rotatable bonds is 8. The summed E-state index contributed by atoms with van der Waals surface area (Å²) >= 11 is 0. The van der Waals surface area contributed by atoms with Crippen molar-refractivity contribution < 1.29 is 9.90 Å². The Morgan fingerprint density at radius 2 is 2.17 bits per heavy atom. The van der Waals surface area contributed by atoms with Crippen LogP contribution in [0.25, 0.3) is 0 Å². The van der Waals surface area contributed by atoms with Crippen LogP contribution in [0.1, 0.15) is 59.3 Å². The summed E-state index contributed by atoms with van der Waals surface area (Å²) < 4.78 is 0. The molecule has 0 aromatic heterocycles. The van der Waals surface area contributed by atoms with Crippen molar-refractivity contribution >= 4 is 5.78 Å². The quantitative estimate of drug-likeness (QED) is 0.527. The molecule has 1 aliphatic rings. The maximum atomic E-state index is 12.4. The van der Waals surface area contributed by atoms with Gasteiger partial charge in [-0.25, -0.2) is 0 Å². The average Bonchev–Trinajstić information content (AvgIpc) is 2.50. The second kappa shape index (κ2) is 10.4. The Bertz CT molecular complexity index is 464. The van der Waals surface area contributed by atoms with Gasteiger partial charge in [0.25, 0.3) is 0 Å². The first-order valence-electron chi connectivity index (χ1n) is 8.89. The average molecular weight is 316 g/mol. The summed E-state index contributed by atoms with van der Waals surface area (Å²) in [5.41, 5.74) is 0. The molecule has 0 saturated heterocycles. The van der Waals surface area contributed by atoms with Gasteiger partial charge < -0.3 is 5.11 Å². The van der Waals surface area contributed by atoms with Crippen LogP contribution in [0.15, 0.2) is 24.8 Å². The third-order valence-corrected chi connectivity index (χ3v) is 4.70. The van der Waals surface area contributed by atoms with Crippen molar-refractivity contribution in [3.05, 3.63) is 24.8 Å². The third-order valence-electron chi connectivity index (χ3n) is 4.70. The molecule has 1 fully saturated rings. The fourth-order valence-corrected chi connectivity index (χ4v) is 3.49. The van der Waals surface area contributed by atoms with E-state index in [0.29, 0.717) is 18.8 Å². The molecule has 2 nitrogen and oxygen atoms in total. The Morgan fingerprint density at radius 3 is 2.78 bits per heavy atom. The van der Waals surface area contributed by atoms with Crippen molar-refractivity contribution in [2.75, 3.05) is 0 Å². The predicted molar refractivity (Wildman–Crippen MR) is 96.8 cm³/mol. The van der Waals surface area contributed by atoms with E-state index in [4.69, 9.17) is 0 Å². The smallest absolute Gasteiger partial charge is 0.138 e. The maximum absolute atomic E-state index is 12.4. The molecule has 0 radical (unpaired) electrons. The van der Waals surface area contributed by atoms with E-state index in [9.17, 15) is 9.90 Å². The highest BCUT2D eigenvalue weighted by Crippen LogP contribution is 2.36. The molecular formula is C21H32O2. The summed E-state index contributed by atoms with van der Waals surface area (Å²) in [7, 11) is 0. The highest BCUT2D eigenvalue weighted by Gasteiger charge is 2.39. The molecule has 1 N–H and O–H groups in total. The number of ketones is 1. The van der Waals surface area contributed by atoms with Crippen molar-refractivity contribution in [2.45, 2.75) is 65.4 Å². The molecule has 128 valence electrons. The van der Waals surface area contributed by atoms with Crippen molar-refractivity contribution in [3.8, 4) is 11.8 Å². The topological polar surface area (TPSA) is 37.3 Å². The van der Waals surface area contributed by atoms with Crippen LogP contribution in [0, 0.1) is 35.5 Å². The van der Waals surface area contributed by atoms with E-state index in [1.165, 1.54) is 0 Å². The predicted octanol–water partition coefficient (Wildman–Crippen LogP) is 4.54. The van der Waals surface area contributed by atoms with Crippen LogP contribution in [-0.2, 0) is 4.79 Å². The van der Waals surface area contributed by atoms with Gasteiger partial charge in [-0.2, -0.15) is 0 Å². The van der Waals surface area contributed by atoms with Crippen LogP contribution >= 0.6 is 0 Å². The largest absolute Gasteiger partial charge is 0.392 e. The van der Waals surface area contributed by atoms with E-state index in [1.54, 1.807) is 0 Å². The van der Waals surface area contributed by atoms with Crippen molar-refractivity contribution in [1.82, 2.24) is 0 Å². The van der Waals surface area contributed by atoms with E-state index in [0.717, 1.165) is 25.7 Å². The summed E-state index contributed by atoms with van der Waals surface area (Å²) in [6, 6.07) is 0. The van der Waals surface area contributed by atoms with Gasteiger partial charge in [0, 0.05) is 18.8 Å². The minimum atomic E-state index is -0.606. The second-order valence-corrected chi connectivity index (χ2v) is 6.96.